The number of carbonyl (C=O) groups excluding carboxylic acids is 1. The molecular weight excluding hydrogens is 369 g/mol. The monoisotopic (exact) mass is 387 g/mol. The SMILES string of the molecule is Cc1ccc(C(=O)N(C)C)cc1NS(=O)(=O)c1ccc(F)c2ncccc12. The molecule has 0 fully saturated rings. The highest BCUT2D eigenvalue weighted by Crippen LogP contribution is 2.27. The summed E-state index contributed by atoms with van der Waals surface area (Å²) in [6, 6.07) is 10.1. The van der Waals surface area contributed by atoms with Gasteiger partial charge in [-0.3, -0.25) is 14.5 Å². The number of rotatable bonds is 4. The van der Waals surface area contributed by atoms with Crippen molar-refractivity contribution in [2.45, 2.75) is 11.8 Å². The lowest BCUT2D eigenvalue weighted by Crippen LogP contribution is -2.22. The number of hydrogen-bond donors (Lipinski definition) is 1. The second-order valence-corrected chi connectivity index (χ2v) is 7.93. The Morgan fingerprint density at radius 2 is 1.89 bits per heavy atom. The summed E-state index contributed by atoms with van der Waals surface area (Å²) in [5, 5.41) is 0.183. The maximum absolute atomic E-state index is 13.9. The van der Waals surface area contributed by atoms with Gasteiger partial charge in [0.15, 0.2) is 0 Å². The number of carbonyl (C=O) groups is 1. The molecule has 8 heteroatoms. The molecule has 0 aliphatic heterocycles. The lowest BCUT2D eigenvalue weighted by atomic mass is 10.1. The number of anilines is 1. The van der Waals surface area contributed by atoms with Crippen LogP contribution >= 0.6 is 0 Å². The Bertz CT molecular complexity index is 1140. The van der Waals surface area contributed by atoms with Crippen LogP contribution in [0.15, 0.2) is 53.6 Å². The van der Waals surface area contributed by atoms with Crippen molar-refractivity contribution in [3.05, 3.63) is 65.6 Å². The van der Waals surface area contributed by atoms with Gasteiger partial charge in [0.1, 0.15) is 11.3 Å². The van der Waals surface area contributed by atoms with Crippen LogP contribution in [-0.4, -0.2) is 38.3 Å². The maximum atomic E-state index is 13.9. The summed E-state index contributed by atoms with van der Waals surface area (Å²) in [4.78, 5) is 17.4. The van der Waals surface area contributed by atoms with Crippen LogP contribution in [0.4, 0.5) is 10.1 Å². The molecule has 140 valence electrons. The minimum absolute atomic E-state index is 0.0198. The zero-order chi connectivity index (χ0) is 19.8. The summed E-state index contributed by atoms with van der Waals surface area (Å²) >= 11 is 0. The number of aryl methyl sites for hydroxylation is 1. The first-order chi connectivity index (χ1) is 12.7. The van der Waals surface area contributed by atoms with Gasteiger partial charge < -0.3 is 4.90 Å². The molecule has 0 bridgehead atoms. The normalized spacial score (nSPS) is 11.4. The smallest absolute Gasteiger partial charge is 0.262 e. The number of aromatic nitrogens is 1. The van der Waals surface area contributed by atoms with Gasteiger partial charge in [-0.1, -0.05) is 6.07 Å². The van der Waals surface area contributed by atoms with E-state index in [2.05, 4.69) is 9.71 Å². The van der Waals surface area contributed by atoms with E-state index < -0.39 is 15.8 Å². The van der Waals surface area contributed by atoms with Gasteiger partial charge in [-0.25, -0.2) is 12.8 Å². The van der Waals surface area contributed by atoms with Crippen LogP contribution in [0.2, 0.25) is 0 Å². The minimum atomic E-state index is -4.02. The Labute approximate surface area is 156 Å². The van der Waals surface area contributed by atoms with Crippen molar-refractivity contribution in [2.24, 2.45) is 0 Å². The Kier molecular flexibility index (Phi) is 4.84. The number of pyridine rings is 1. The summed E-state index contributed by atoms with van der Waals surface area (Å²) in [6.07, 6.45) is 1.40. The predicted molar refractivity (Wildman–Crippen MR) is 102 cm³/mol. The highest BCUT2D eigenvalue weighted by molar-refractivity contribution is 7.93. The molecule has 0 spiro atoms. The Hall–Kier alpha value is -3.00. The molecule has 0 unspecified atom stereocenters. The van der Waals surface area contributed by atoms with E-state index in [0.29, 0.717) is 11.1 Å². The highest BCUT2D eigenvalue weighted by Gasteiger charge is 2.21. The minimum Gasteiger partial charge on any atom is -0.345 e. The van der Waals surface area contributed by atoms with Crippen molar-refractivity contribution in [1.29, 1.82) is 0 Å². The molecule has 1 heterocycles. The Morgan fingerprint density at radius 1 is 1.15 bits per heavy atom. The number of nitrogens with zero attached hydrogens (tertiary/aromatic N) is 2. The van der Waals surface area contributed by atoms with Gasteiger partial charge in [0, 0.05) is 31.2 Å². The molecule has 0 radical (unpaired) electrons. The first-order valence-corrected chi connectivity index (χ1v) is 9.57. The van der Waals surface area contributed by atoms with Gasteiger partial charge in [0.05, 0.1) is 10.6 Å². The van der Waals surface area contributed by atoms with Crippen molar-refractivity contribution in [3.63, 3.8) is 0 Å². The van der Waals surface area contributed by atoms with Gasteiger partial charge in [-0.05, 0) is 48.9 Å². The van der Waals surface area contributed by atoms with Crippen LogP contribution in [0.1, 0.15) is 15.9 Å². The van der Waals surface area contributed by atoms with Crippen LogP contribution in [0.3, 0.4) is 0 Å². The summed E-state index contributed by atoms with van der Waals surface area (Å²) in [7, 11) is -0.794. The van der Waals surface area contributed by atoms with E-state index in [1.165, 1.54) is 29.3 Å². The van der Waals surface area contributed by atoms with Crippen molar-refractivity contribution in [1.82, 2.24) is 9.88 Å². The third-order valence-corrected chi connectivity index (χ3v) is 5.53. The van der Waals surface area contributed by atoms with E-state index in [9.17, 15) is 17.6 Å². The quantitative estimate of drug-likeness (QED) is 0.746. The summed E-state index contributed by atoms with van der Waals surface area (Å²) in [5.41, 5.74) is 1.27. The average molecular weight is 387 g/mol. The lowest BCUT2D eigenvalue weighted by molar-refractivity contribution is 0.0827. The summed E-state index contributed by atoms with van der Waals surface area (Å²) in [6.45, 7) is 1.73. The van der Waals surface area contributed by atoms with Crippen LogP contribution in [0.25, 0.3) is 10.9 Å². The fourth-order valence-corrected chi connectivity index (χ4v) is 3.99. The van der Waals surface area contributed by atoms with Gasteiger partial charge in [0.25, 0.3) is 15.9 Å². The zero-order valence-electron chi connectivity index (χ0n) is 15.0. The molecule has 1 amide bonds. The number of sulfonamides is 1. The van der Waals surface area contributed by atoms with Gasteiger partial charge >= 0.3 is 0 Å². The zero-order valence-corrected chi connectivity index (χ0v) is 15.8. The number of nitrogens with one attached hydrogen (secondary N) is 1. The number of amides is 1. The second-order valence-electron chi connectivity index (χ2n) is 6.28. The van der Waals surface area contributed by atoms with Crippen molar-refractivity contribution in [3.8, 4) is 0 Å². The fraction of sp³-hybridized carbons (Fsp3) is 0.158. The molecule has 0 saturated heterocycles. The van der Waals surface area contributed by atoms with Gasteiger partial charge in [-0.15, -0.1) is 0 Å². The Morgan fingerprint density at radius 3 is 2.59 bits per heavy atom. The van der Waals surface area contributed by atoms with Crippen molar-refractivity contribution < 1.29 is 17.6 Å². The summed E-state index contributed by atoms with van der Waals surface area (Å²) < 4.78 is 42.3. The van der Waals surface area contributed by atoms with Crippen LogP contribution in [-0.2, 0) is 10.0 Å². The number of benzene rings is 2. The molecule has 0 saturated carbocycles. The number of halogens is 1. The van der Waals surface area contributed by atoms with E-state index >= 15 is 0 Å². The van der Waals surface area contributed by atoms with Crippen molar-refractivity contribution in [2.75, 3.05) is 18.8 Å². The first kappa shape index (κ1) is 18.8. The highest BCUT2D eigenvalue weighted by atomic mass is 32.2. The third kappa shape index (κ3) is 3.61. The maximum Gasteiger partial charge on any atom is 0.262 e. The first-order valence-electron chi connectivity index (χ1n) is 8.09. The van der Waals surface area contributed by atoms with Crippen LogP contribution < -0.4 is 4.72 Å². The van der Waals surface area contributed by atoms with Gasteiger partial charge in [-0.2, -0.15) is 0 Å². The van der Waals surface area contributed by atoms with E-state index in [1.54, 1.807) is 39.2 Å². The van der Waals surface area contributed by atoms with Crippen LogP contribution in [0.5, 0.6) is 0 Å². The van der Waals surface area contributed by atoms with E-state index in [-0.39, 0.29) is 27.4 Å². The second kappa shape index (κ2) is 6.96. The molecule has 1 aromatic heterocycles. The molecule has 6 nitrogen and oxygen atoms in total. The standard InChI is InChI=1S/C19H18FN3O3S/c1-12-6-7-13(19(24)23(2)3)11-16(12)22-27(25,26)17-9-8-15(20)18-14(17)5-4-10-21-18/h4-11,22H,1-3H3. The molecule has 3 aromatic rings. The molecule has 0 aliphatic rings. The third-order valence-electron chi connectivity index (χ3n) is 4.10. The lowest BCUT2D eigenvalue weighted by Gasteiger charge is -2.15. The molecule has 0 atom stereocenters. The largest absolute Gasteiger partial charge is 0.345 e. The fourth-order valence-electron chi connectivity index (χ4n) is 2.67. The topological polar surface area (TPSA) is 79.4 Å². The summed E-state index contributed by atoms with van der Waals surface area (Å²) in [5.74, 6) is -0.841. The number of fused-ring (bicyclic) bond motifs is 1. The molecule has 1 N–H and O–H groups in total. The predicted octanol–water partition coefficient (Wildman–Crippen LogP) is 3.18. The van der Waals surface area contributed by atoms with Gasteiger partial charge in [0.2, 0.25) is 0 Å². The van der Waals surface area contributed by atoms with E-state index in [0.717, 1.165) is 6.07 Å². The van der Waals surface area contributed by atoms with Crippen molar-refractivity contribution >= 4 is 32.5 Å². The molecule has 27 heavy (non-hydrogen) atoms. The number of hydrogen-bond acceptors (Lipinski definition) is 4. The molecule has 0 aliphatic carbocycles. The van der Waals surface area contributed by atoms with E-state index in [1.807, 2.05) is 0 Å². The van der Waals surface area contributed by atoms with Crippen LogP contribution in [0, 0.1) is 12.7 Å². The average Bonchev–Trinajstić information content (AvgIpc) is 2.63. The Balaban J connectivity index is 2.07. The van der Waals surface area contributed by atoms with E-state index in [4.69, 9.17) is 0 Å². The molecule has 3 rings (SSSR count). The molecular formula is C19H18FN3O3S. The molecule has 2 aromatic carbocycles.